The number of unbranched alkanes of at least 4 members (excludes halogenated alkanes) is 1. The summed E-state index contributed by atoms with van der Waals surface area (Å²) < 4.78 is 24.1. The Hall–Kier alpha value is -4.98. The second kappa shape index (κ2) is 17.3. The Balaban J connectivity index is 1.20. The van der Waals surface area contributed by atoms with Crippen molar-refractivity contribution in [3.8, 4) is 5.75 Å². The third-order valence-electron chi connectivity index (χ3n) is 7.31. The van der Waals surface area contributed by atoms with Gasteiger partial charge in [0.15, 0.2) is 5.78 Å². The summed E-state index contributed by atoms with van der Waals surface area (Å²) in [6.07, 6.45) is 3.76. The zero-order valence-corrected chi connectivity index (χ0v) is 25.5. The Kier molecular flexibility index (Phi) is 12.7. The highest BCUT2D eigenvalue weighted by atomic mass is 19.1. The summed E-state index contributed by atoms with van der Waals surface area (Å²) in [7, 11) is 1.34. The molecule has 1 atom stereocenters. The predicted molar refractivity (Wildman–Crippen MR) is 173 cm³/mol. The number of hydrogen-bond acceptors (Lipinski definition) is 6. The SMILES string of the molecule is COC(=O)[C@H](Cc1ccc(OCCCNC(=O)CCCCc2cccc(F)c2)cc1)Nc1ccccc1C(=O)c1ccccc1. The molecule has 0 saturated heterocycles. The van der Waals surface area contributed by atoms with Crippen LogP contribution in [0.4, 0.5) is 10.1 Å². The van der Waals surface area contributed by atoms with Gasteiger partial charge in [0, 0.05) is 36.2 Å². The maximum absolute atomic E-state index is 13.3. The van der Waals surface area contributed by atoms with Crippen molar-refractivity contribution < 1.29 is 28.2 Å². The van der Waals surface area contributed by atoms with Crippen LogP contribution >= 0.6 is 0 Å². The molecule has 0 aliphatic rings. The molecule has 7 nitrogen and oxygen atoms in total. The lowest BCUT2D eigenvalue weighted by Gasteiger charge is -2.20. The number of hydrogen-bond donors (Lipinski definition) is 2. The van der Waals surface area contributed by atoms with Crippen LogP contribution in [0.15, 0.2) is 103 Å². The molecule has 4 aromatic rings. The summed E-state index contributed by atoms with van der Waals surface area (Å²) in [6.45, 7) is 0.958. The van der Waals surface area contributed by atoms with Gasteiger partial charge in [-0.1, -0.05) is 66.7 Å². The van der Waals surface area contributed by atoms with Gasteiger partial charge in [0.25, 0.3) is 0 Å². The first-order valence-corrected chi connectivity index (χ1v) is 15.2. The van der Waals surface area contributed by atoms with E-state index in [1.807, 2.05) is 54.6 Å². The van der Waals surface area contributed by atoms with Crippen LogP contribution in [0.5, 0.6) is 5.75 Å². The normalized spacial score (nSPS) is 11.3. The van der Waals surface area contributed by atoms with E-state index in [1.54, 1.807) is 36.4 Å². The predicted octanol–water partition coefficient (Wildman–Crippen LogP) is 6.55. The molecule has 0 aliphatic carbocycles. The highest BCUT2D eigenvalue weighted by Gasteiger charge is 2.22. The molecule has 4 rings (SSSR count). The van der Waals surface area contributed by atoms with Crippen molar-refractivity contribution in [3.63, 3.8) is 0 Å². The van der Waals surface area contributed by atoms with Crippen LogP contribution in [0.1, 0.15) is 52.7 Å². The van der Waals surface area contributed by atoms with Crippen LogP contribution in [-0.2, 0) is 27.2 Å². The molecular formula is C37H39FN2O5. The standard InChI is InChI=1S/C37H39FN2O5/c1-44-37(43)34(40-33-17-7-6-16-32(33)36(42)29-13-3-2-4-14-29)26-28-19-21-31(22-20-28)45-24-10-23-39-35(41)18-8-5-11-27-12-9-15-30(38)25-27/h2-4,6-7,9,12-17,19-22,25,34,40H,5,8,10-11,18,23-24,26H2,1H3,(H,39,41)/t34-/m0/s1. The fourth-order valence-electron chi connectivity index (χ4n) is 4.92. The number of benzene rings is 4. The molecule has 1 amide bonds. The highest BCUT2D eigenvalue weighted by Crippen LogP contribution is 2.22. The lowest BCUT2D eigenvalue weighted by molar-refractivity contribution is -0.141. The average Bonchev–Trinajstić information content (AvgIpc) is 3.07. The molecule has 234 valence electrons. The van der Waals surface area contributed by atoms with Crippen LogP contribution in [0, 0.1) is 5.82 Å². The number of amides is 1. The smallest absolute Gasteiger partial charge is 0.328 e. The molecule has 0 radical (unpaired) electrons. The molecule has 0 fully saturated rings. The first-order valence-electron chi connectivity index (χ1n) is 15.2. The number of anilines is 1. The van der Waals surface area contributed by atoms with Gasteiger partial charge in [0.2, 0.25) is 5.91 Å². The Morgan fingerprint density at radius 1 is 0.800 bits per heavy atom. The van der Waals surface area contributed by atoms with Crippen LogP contribution in [-0.4, -0.2) is 44.0 Å². The van der Waals surface area contributed by atoms with Gasteiger partial charge in [-0.05, 0) is 73.2 Å². The van der Waals surface area contributed by atoms with E-state index < -0.39 is 12.0 Å². The van der Waals surface area contributed by atoms with Gasteiger partial charge in [-0.25, -0.2) is 9.18 Å². The molecule has 0 heterocycles. The number of para-hydroxylation sites is 1. The molecule has 0 unspecified atom stereocenters. The van der Waals surface area contributed by atoms with Gasteiger partial charge < -0.3 is 20.1 Å². The molecule has 0 aliphatic heterocycles. The summed E-state index contributed by atoms with van der Waals surface area (Å²) in [6, 6.07) is 29.4. The third-order valence-corrected chi connectivity index (χ3v) is 7.31. The molecule has 0 bridgehead atoms. The van der Waals surface area contributed by atoms with Gasteiger partial charge >= 0.3 is 5.97 Å². The molecule has 0 aromatic heterocycles. The summed E-state index contributed by atoms with van der Waals surface area (Å²) in [5.41, 5.74) is 3.42. The topological polar surface area (TPSA) is 93.7 Å². The van der Waals surface area contributed by atoms with E-state index in [-0.39, 0.29) is 17.5 Å². The summed E-state index contributed by atoms with van der Waals surface area (Å²) in [5, 5.41) is 6.13. The van der Waals surface area contributed by atoms with Crippen molar-refractivity contribution >= 4 is 23.3 Å². The van der Waals surface area contributed by atoms with Gasteiger partial charge in [-0.3, -0.25) is 9.59 Å². The average molecular weight is 611 g/mol. The molecule has 8 heteroatoms. The zero-order valence-electron chi connectivity index (χ0n) is 25.5. The molecule has 45 heavy (non-hydrogen) atoms. The zero-order chi connectivity index (χ0) is 31.9. The number of halogens is 1. The Labute approximate surface area is 263 Å². The van der Waals surface area contributed by atoms with Crippen molar-refractivity contribution in [1.82, 2.24) is 5.32 Å². The second-order valence-corrected chi connectivity index (χ2v) is 10.7. The van der Waals surface area contributed by atoms with Crippen molar-refractivity contribution in [2.24, 2.45) is 0 Å². The fourth-order valence-corrected chi connectivity index (χ4v) is 4.92. The highest BCUT2D eigenvalue weighted by molar-refractivity contribution is 6.12. The molecule has 4 aromatic carbocycles. The first-order chi connectivity index (χ1) is 21.9. The van der Waals surface area contributed by atoms with Crippen LogP contribution < -0.4 is 15.4 Å². The molecule has 2 N–H and O–H groups in total. The van der Waals surface area contributed by atoms with Crippen LogP contribution in [0.2, 0.25) is 0 Å². The molecule has 0 spiro atoms. The lowest BCUT2D eigenvalue weighted by Crippen LogP contribution is -2.33. The number of carbonyl (C=O) groups excluding carboxylic acids is 3. The number of ether oxygens (including phenoxy) is 2. The van der Waals surface area contributed by atoms with Crippen molar-refractivity contribution in [2.75, 3.05) is 25.6 Å². The summed E-state index contributed by atoms with van der Waals surface area (Å²) >= 11 is 0. The number of rotatable bonds is 17. The third kappa shape index (κ3) is 10.6. The number of carbonyl (C=O) groups is 3. The molecular weight excluding hydrogens is 571 g/mol. The van der Waals surface area contributed by atoms with E-state index in [1.165, 1.54) is 19.2 Å². The summed E-state index contributed by atoms with van der Waals surface area (Å²) in [5.74, 6) is -0.130. The number of methoxy groups -OCH3 is 1. The quantitative estimate of drug-likeness (QED) is 0.0800. The Morgan fingerprint density at radius 3 is 2.31 bits per heavy atom. The van der Waals surface area contributed by atoms with E-state index >= 15 is 0 Å². The Morgan fingerprint density at radius 2 is 1.56 bits per heavy atom. The minimum Gasteiger partial charge on any atom is -0.494 e. The lowest BCUT2D eigenvalue weighted by atomic mass is 10.00. The molecule has 0 saturated carbocycles. The van der Waals surface area contributed by atoms with Crippen molar-refractivity contribution in [2.45, 2.75) is 44.6 Å². The van der Waals surface area contributed by atoms with E-state index in [4.69, 9.17) is 9.47 Å². The van der Waals surface area contributed by atoms with E-state index in [0.29, 0.717) is 55.0 Å². The van der Waals surface area contributed by atoms with E-state index in [9.17, 15) is 18.8 Å². The first kappa shape index (κ1) is 32.9. The van der Waals surface area contributed by atoms with E-state index in [0.717, 1.165) is 30.4 Å². The number of ketones is 1. The summed E-state index contributed by atoms with van der Waals surface area (Å²) in [4.78, 5) is 38.0. The van der Waals surface area contributed by atoms with Gasteiger partial charge in [-0.15, -0.1) is 0 Å². The number of aryl methyl sites for hydroxylation is 1. The number of esters is 1. The maximum Gasteiger partial charge on any atom is 0.328 e. The van der Waals surface area contributed by atoms with Crippen LogP contribution in [0.25, 0.3) is 0 Å². The monoisotopic (exact) mass is 610 g/mol. The minimum atomic E-state index is -0.712. The maximum atomic E-state index is 13.3. The fraction of sp³-hybridized carbons (Fsp3) is 0.270. The largest absolute Gasteiger partial charge is 0.494 e. The van der Waals surface area contributed by atoms with Crippen LogP contribution in [0.3, 0.4) is 0 Å². The van der Waals surface area contributed by atoms with Gasteiger partial charge in [-0.2, -0.15) is 0 Å². The van der Waals surface area contributed by atoms with Gasteiger partial charge in [0.1, 0.15) is 17.6 Å². The van der Waals surface area contributed by atoms with Gasteiger partial charge in [0.05, 0.1) is 13.7 Å². The minimum absolute atomic E-state index is 0.000537. The number of nitrogens with one attached hydrogen (secondary N) is 2. The van der Waals surface area contributed by atoms with Crippen molar-refractivity contribution in [1.29, 1.82) is 0 Å². The Bertz CT molecular complexity index is 1540. The van der Waals surface area contributed by atoms with E-state index in [2.05, 4.69) is 10.6 Å². The second-order valence-electron chi connectivity index (χ2n) is 10.7. The van der Waals surface area contributed by atoms with Crippen molar-refractivity contribution in [3.05, 3.63) is 131 Å².